The topological polar surface area (TPSA) is 134 Å². The van der Waals surface area contributed by atoms with E-state index in [0.29, 0.717) is 29.8 Å². The van der Waals surface area contributed by atoms with E-state index in [-0.39, 0.29) is 30.5 Å². The van der Waals surface area contributed by atoms with Gasteiger partial charge in [0.05, 0.1) is 12.2 Å². The van der Waals surface area contributed by atoms with E-state index in [1.165, 1.54) is 6.07 Å². The van der Waals surface area contributed by atoms with Crippen molar-refractivity contribution in [3.05, 3.63) is 59.2 Å². The van der Waals surface area contributed by atoms with E-state index in [0.717, 1.165) is 53.3 Å². The minimum atomic E-state index is -4.64. The lowest BCUT2D eigenvalue weighted by Gasteiger charge is -2.31. The molecule has 4 rings (SSSR count). The summed E-state index contributed by atoms with van der Waals surface area (Å²) < 4.78 is 43.4. The maximum atomic E-state index is 15.0. The zero-order valence-corrected chi connectivity index (χ0v) is 25.7. The molecule has 14 heteroatoms. The number of benzene rings is 2. The van der Waals surface area contributed by atoms with Gasteiger partial charge in [-0.05, 0) is 69.2 Å². The lowest BCUT2D eigenvalue weighted by Crippen LogP contribution is -2.43. The van der Waals surface area contributed by atoms with Crippen molar-refractivity contribution in [3.63, 3.8) is 0 Å². The molecule has 2 heterocycles. The van der Waals surface area contributed by atoms with E-state index in [4.69, 9.17) is 4.98 Å². The van der Waals surface area contributed by atoms with E-state index >= 15 is 8.78 Å². The number of hydrogen-bond donors (Lipinski definition) is 4. The molecule has 0 saturated heterocycles. The molecule has 4 N–H and O–H groups in total. The van der Waals surface area contributed by atoms with Crippen molar-refractivity contribution in [2.45, 2.75) is 47.1 Å². The molecule has 1 aliphatic rings. The normalized spacial score (nSPS) is 13.2. The third-order valence-electron chi connectivity index (χ3n) is 7.33. The first-order chi connectivity index (χ1) is 20.5. The number of hydrogen-bond acceptors (Lipinski definition) is 6. The molecule has 2 aromatic carbocycles. The summed E-state index contributed by atoms with van der Waals surface area (Å²) in [6.07, 6.45) is 1.26. The monoisotopic (exact) mass is 617 g/mol. The van der Waals surface area contributed by atoms with Crippen LogP contribution in [0, 0.1) is 18.6 Å². The van der Waals surface area contributed by atoms with E-state index in [1.807, 2.05) is 13.8 Å². The van der Waals surface area contributed by atoms with Crippen LogP contribution in [0.25, 0.3) is 11.3 Å². The van der Waals surface area contributed by atoms with E-state index in [9.17, 15) is 19.1 Å². The van der Waals surface area contributed by atoms with Crippen molar-refractivity contribution in [1.82, 2.24) is 20.2 Å². The smallest absolute Gasteiger partial charge is 0.354 e. The zero-order chi connectivity index (χ0) is 31.3. The van der Waals surface area contributed by atoms with Crippen LogP contribution in [0.2, 0.25) is 0 Å². The molecule has 0 atom stereocenters. The summed E-state index contributed by atoms with van der Waals surface area (Å²) in [6, 6.07) is 7.55. The Bertz CT molecular complexity index is 1500. The lowest BCUT2D eigenvalue weighted by atomic mass is 9.99. The first kappa shape index (κ1) is 32.3. The molecule has 3 aromatic rings. The van der Waals surface area contributed by atoms with Crippen LogP contribution in [0.5, 0.6) is 0 Å². The molecule has 0 fully saturated rings. The molecule has 232 valence electrons. The maximum absolute atomic E-state index is 15.0. The van der Waals surface area contributed by atoms with Gasteiger partial charge in [0.15, 0.2) is 5.82 Å². The highest BCUT2D eigenvalue weighted by Gasteiger charge is 2.34. The standard InChI is InChI=1S/C29H38F2N7O4P/c1-5-15-37(43(40,41)42)20-13-12-19(4)21(17-20)25-22-18-33-29(39)38(26-23(30)10-8-11-24(26)31)27(22)35-28(34-25)32-14-9-16-36(6-2)7-3/h8,10-13,17H,5-7,9,14-16,18H2,1-4H3,(H,33,39)(H,32,34,35)(H2,40,41,42). The predicted octanol–water partition coefficient (Wildman–Crippen LogP) is 5.54. The molecule has 0 spiro atoms. The van der Waals surface area contributed by atoms with Gasteiger partial charge in [-0.1, -0.05) is 32.9 Å². The first-order valence-corrected chi connectivity index (χ1v) is 15.9. The molecule has 0 radical (unpaired) electrons. The van der Waals surface area contributed by atoms with Crippen LogP contribution in [0.1, 0.15) is 44.7 Å². The number of halogens is 2. The first-order valence-electron chi connectivity index (χ1n) is 14.3. The number of rotatable bonds is 13. The van der Waals surface area contributed by atoms with Crippen molar-refractivity contribution < 1.29 is 27.9 Å². The number of carbonyl (C=O) groups is 1. The fraction of sp³-hybridized carbons (Fsp3) is 0.414. The minimum Gasteiger partial charge on any atom is -0.354 e. The summed E-state index contributed by atoms with van der Waals surface area (Å²) in [4.78, 5) is 45.7. The second kappa shape index (κ2) is 13.8. The molecule has 2 amide bonds. The number of urea groups is 1. The quantitative estimate of drug-likeness (QED) is 0.144. The third-order valence-corrected chi connectivity index (χ3v) is 8.39. The van der Waals surface area contributed by atoms with Gasteiger partial charge in [-0.25, -0.2) is 28.0 Å². The number of aromatic nitrogens is 2. The van der Waals surface area contributed by atoms with Crippen LogP contribution in [-0.2, 0) is 11.1 Å². The summed E-state index contributed by atoms with van der Waals surface area (Å²) in [7, 11) is -4.64. The van der Waals surface area contributed by atoms with Crippen LogP contribution >= 0.6 is 7.75 Å². The van der Waals surface area contributed by atoms with Gasteiger partial charge < -0.3 is 25.3 Å². The van der Waals surface area contributed by atoms with E-state index in [1.54, 1.807) is 18.2 Å². The lowest BCUT2D eigenvalue weighted by molar-refractivity contribution is 0.246. The fourth-order valence-electron chi connectivity index (χ4n) is 5.06. The van der Waals surface area contributed by atoms with Gasteiger partial charge in [0, 0.05) is 29.9 Å². The van der Waals surface area contributed by atoms with Crippen molar-refractivity contribution >= 4 is 36.9 Å². The van der Waals surface area contributed by atoms with Crippen molar-refractivity contribution in [3.8, 4) is 11.3 Å². The second-order valence-corrected chi connectivity index (χ2v) is 11.7. The molecule has 43 heavy (non-hydrogen) atoms. The number of aryl methyl sites for hydroxylation is 1. The average molecular weight is 618 g/mol. The van der Waals surface area contributed by atoms with Gasteiger partial charge in [-0.2, -0.15) is 4.98 Å². The highest BCUT2D eigenvalue weighted by Crippen LogP contribution is 2.46. The molecule has 0 aliphatic carbocycles. The van der Waals surface area contributed by atoms with Gasteiger partial charge in [0.1, 0.15) is 17.3 Å². The minimum absolute atomic E-state index is 0.00852. The molecule has 0 saturated carbocycles. The SMILES string of the molecule is CCCN(c1ccc(C)c(-c2nc(NCCCN(CC)CC)nc3c2CNC(=O)N3c2c(F)cccc2F)c1)P(=O)(O)O. The number of para-hydroxylation sites is 1. The Morgan fingerprint density at radius 1 is 1.07 bits per heavy atom. The van der Waals surface area contributed by atoms with Gasteiger partial charge in [-0.3, -0.25) is 4.67 Å². The molecule has 11 nitrogen and oxygen atoms in total. The van der Waals surface area contributed by atoms with Crippen LogP contribution in [-0.4, -0.2) is 63.4 Å². The molecular formula is C29H38F2N7O4P. The van der Waals surface area contributed by atoms with E-state index in [2.05, 4.69) is 34.4 Å². The van der Waals surface area contributed by atoms with Crippen LogP contribution in [0.15, 0.2) is 36.4 Å². The van der Waals surface area contributed by atoms with Crippen molar-refractivity contribution in [2.24, 2.45) is 0 Å². The molecule has 0 bridgehead atoms. The molecule has 1 aliphatic heterocycles. The van der Waals surface area contributed by atoms with E-state index < -0.39 is 31.1 Å². The van der Waals surface area contributed by atoms with Crippen LogP contribution in [0.4, 0.5) is 36.7 Å². The summed E-state index contributed by atoms with van der Waals surface area (Å²) in [5.74, 6) is -1.72. The molecule has 1 aromatic heterocycles. The summed E-state index contributed by atoms with van der Waals surface area (Å²) in [6.45, 7) is 11.0. The number of amides is 2. The predicted molar refractivity (Wildman–Crippen MR) is 164 cm³/mol. The maximum Gasteiger partial charge on any atom is 0.430 e. The zero-order valence-electron chi connectivity index (χ0n) is 24.8. The summed E-state index contributed by atoms with van der Waals surface area (Å²) in [5, 5.41) is 5.86. The summed E-state index contributed by atoms with van der Waals surface area (Å²) in [5.41, 5.74) is 1.74. The number of fused-ring (bicyclic) bond motifs is 1. The highest BCUT2D eigenvalue weighted by molar-refractivity contribution is 7.53. The highest BCUT2D eigenvalue weighted by atomic mass is 31.2. The Kier molecular flexibility index (Phi) is 10.3. The Hall–Kier alpha value is -3.64. The Balaban J connectivity index is 1.88. The number of nitrogens with one attached hydrogen (secondary N) is 2. The van der Waals surface area contributed by atoms with Gasteiger partial charge in [0.2, 0.25) is 5.95 Å². The van der Waals surface area contributed by atoms with Crippen molar-refractivity contribution in [2.75, 3.05) is 47.6 Å². The Morgan fingerprint density at radius 3 is 2.40 bits per heavy atom. The third kappa shape index (κ3) is 7.13. The van der Waals surface area contributed by atoms with Crippen LogP contribution in [0.3, 0.4) is 0 Å². The summed E-state index contributed by atoms with van der Waals surface area (Å²) >= 11 is 0. The second-order valence-electron chi connectivity index (χ2n) is 10.2. The fourth-order valence-corrected chi connectivity index (χ4v) is 5.95. The van der Waals surface area contributed by atoms with Gasteiger partial charge in [-0.15, -0.1) is 0 Å². The van der Waals surface area contributed by atoms with Crippen molar-refractivity contribution in [1.29, 1.82) is 0 Å². The Labute approximate surface area is 250 Å². The molecule has 0 unspecified atom stereocenters. The number of nitrogens with zero attached hydrogens (tertiary/aromatic N) is 5. The van der Waals surface area contributed by atoms with Gasteiger partial charge in [0.25, 0.3) is 0 Å². The van der Waals surface area contributed by atoms with Gasteiger partial charge >= 0.3 is 13.8 Å². The largest absolute Gasteiger partial charge is 0.430 e. The number of anilines is 4. The number of carbonyl (C=O) groups excluding carboxylic acids is 1. The average Bonchev–Trinajstić information content (AvgIpc) is 2.96. The van der Waals surface area contributed by atoms with Crippen LogP contribution < -0.4 is 20.2 Å². The Morgan fingerprint density at radius 2 is 1.77 bits per heavy atom. The molecular weight excluding hydrogens is 579 g/mol.